The van der Waals surface area contributed by atoms with Gasteiger partial charge in [0.2, 0.25) is 11.9 Å². The Kier molecular flexibility index (Phi) is 7.99. The third kappa shape index (κ3) is 7.18. The van der Waals surface area contributed by atoms with Gasteiger partial charge in [-0.15, -0.1) is 0 Å². The lowest BCUT2D eigenvalue weighted by molar-refractivity contribution is -0.116. The molecule has 2 N–H and O–H groups in total. The van der Waals surface area contributed by atoms with Gasteiger partial charge >= 0.3 is 6.03 Å². The maximum Gasteiger partial charge on any atom is 0.318 e. The van der Waals surface area contributed by atoms with Gasteiger partial charge in [-0.3, -0.25) is 14.7 Å². The number of aromatic nitrogens is 2. The SMILES string of the molecule is Cc1ccc(-n2cc(-c3ccccc3)nc2NC(=O)CN(CC(C)C)C(=O)NC(C)(C)C)cc1C. The van der Waals surface area contributed by atoms with Crippen molar-refractivity contribution in [1.29, 1.82) is 0 Å². The molecule has 2 aromatic carbocycles. The molecule has 1 aromatic heterocycles. The molecule has 0 bridgehead atoms. The summed E-state index contributed by atoms with van der Waals surface area (Å²) in [7, 11) is 0. The van der Waals surface area contributed by atoms with Crippen LogP contribution in [0.2, 0.25) is 0 Å². The Morgan fingerprint density at radius 3 is 2.31 bits per heavy atom. The molecule has 1 heterocycles. The van der Waals surface area contributed by atoms with Crippen molar-refractivity contribution in [1.82, 2.24) is 19.8 Å². The van der Waals surface area contributed by atoms with Crippen LogP contribution in [0, 0.1) is 19.8 Å². The number of nitrogens with one attached hydrogen (secondary N) is 2. The third-order valence-electron chi connectivity index (χ3n) is 5.48. The first-order valence-corrected chi connectivity index (χ1v) is 12.0. The van der Waals surface area contributed by atoms with Gasteiger partial charge in [-0.2, -0.15) is 0 Å². The maximum atomic E-state index is 13.1. The lowest BCUT2D eigenvalue weighted by Crippen LogP contribution is -2.51. The standard InChI is InChI=1S/C28H37N5O2/c1-19(2)16-32(27(35)31-28(5,6)7)18-25(34)30-26-29-24(22-11-9-8-10-12-22)17-33(26)23-14-13-20(3)21(4)15-23/h8-15,17,19H,16,18H2,1-7H3,(H,31,35)(H,29,30,34). The molecule has 3 aromatic rings. The highest BCUT2D eigenvalue weighted by molar-refractivity contribution is 5.93. The van der Waals surface area contributed by atoms with Crippen LogP contribution in [0.3, 0.4) is 0 Å². The molecule has 0 fully saturated rings. The Labute approximate surface area is 208 Å². The monoisotopic (exact) mass is 475 g/mol. The molecule has 0 unspecified atom stereocenters. The van der Waals surface area contributed by atoms with Gasteiger partial charge in [-0.1, -0.05) is 50.2 Å². The minimum Gasteiger partial charge on any atom is -0.333 e. The van der Waals surface area contributed by atoms with E-state index in [1.54, 1.807) is 4.90 Å². The van der Waals surface area contributed by atoms with Crippen LogP contribution >= 0.6 is 0 Å². The number of amides is 3. The second-order valence-electron chi connectivity index (χ2n) is 10.5. The average Bonchev–Trinajstić information content (AvgIpc) is 3.18. The zero-order chi connectivity index (χ0) is 25.8. The first kappa shape index (κ1) is 26.0. The van der Waals surface area contributed by atoms with E-state index in [0.717, 1.165) is 22.5 Å². The van der Waals surface area contributed by atoms with E-state index >= 15 is 0 Å². The number of hydrogen-bond donors (Lipinski definition) is 2. The number of aryl methyl sites for hydroxylation is 2. The number of nitrogens with zero attached hydrogens (tertiary/aromatic N) is 3. The molecule has 0 atom stereocenters. The molecular weight excluding hydrogens is 438 g/mol. The van der Waals surface area contributed by atoms with Crippen LogP contribution in [0.15, 0.2) is 54.7 Å². The lowest BCUT2D eigenvalue weighted by Gasteiger charge is -2.29. The predicted molar refractivity (Wildman–Crippen MR) is 142 cm³/mol. The van der Waals surface area contributed by atoms with Crippen LogP contribution in [-0.4, -0.2) is 45.0 Å². The van der Waals surface area contributed by atoms with E-state index in [1.807, 2.05) is 81.8 Å². The second-order valence-corrected chi connectivity index (χ2v) is 10.5. The van der Waals surface area contributed by atoms with Crippen molar-refractivity contribution < 1.29 is 9.59 Å². The summed E-state index contributed by atoms with van der Waals surface area (Å²) in [5.74, 6) is 0.332. The fourth-order valence-electron chi connectivity index (χ4n) is 3.69. The van der Waals surface area contributed by atoms with Crippen LogP contribution < -0.4 is 10.6 Å². The van der Waals surface area contributed by atoms with Gasteiger partial charge in [-0.25, -0.2) is 9.78 Å². The normalized spacial score (nSPS) is 11.4. The average molecular weight is 476 g/mol. The first-order valence-electron chi connectivity index (χ1n) is 12.0. The fourth-order valence-corrected chi connectivity index (χ4v) is 3.69. The smallest absolute Gasteiger partial charge is 0.318 e. The summed E-state index contributed by atoms with van der Waals surface area (Å²) in [6, 6.07) is 15.7. The van der Waals surface area contributed by atoms with Gasteiger partial charge < -0.3 is 10.2 Å². The molecule has 7 heteroatoms. The van der Waals surface area contributed by atoms with Crippen molar-refractivity contribution in [3.8, 4) is 16.9 Å². The summed E-state index contributed by atoms with van der Waals surface area (Å²) in [6.07, 6.45) is 1.92. The topological polar surface area (TPSA) is 79.3 Å². The molecule has 0 spiro atoms. The molecule has 0 saturated carbocycles. The first-order chi connectivity index (χ1) is 16.4. The van der Waals surface area contributed by atoms with E-state index in [4.69, 9.17) is 4.98 Å². The number of hydrogen-bond acceptors (Lipinski definition) is 3. The van der Waals surface area contributed by atoms with Crippen LogP contribution in [-0.2, 0) is 4.79 Å². The Balaban J connectivity index is 1.90. The van der Waals surface area contributed by atoms with Crippen molar-refractivity contribution in [3.63, 3.8) is 0 Å². The largest absolute Gasteiger partial charge is 0.333 e. The predicted octanol–water partition coefficient (Wildman–Crippen LogP) is 5.56. The minimum absolute atomic E-state index is 0.0689. The number of carbonyl (C=O) groups is 2. The highest BCUT2D eigenvalue weighted by atomic mass is 16.2. The van der Waals surface area contributed by atoms with Crippen molar-refractivity contribution in [2.75, 3.05) is 18.4 Å². The van der Waals surface area contributed by atoms with Crippen molar-refractivity contribution in [2.45, 2.75) is 54.0 Å². The Hall–Kier alpha value is -3.61. The molecule has 0 aliphatic carbocycles. The summed E-state index contributed by atoms with van der Waals surface area (Å²) in [4.78, 5) is 32.3. The Bertz CT molecular complexity index is 1180. The van der Waals surface area contributed by atoms with Crippen molar-refractivity contribution in [2.24, 2.45) is 5.92 Å². The molecule has 186 valence electrons. The minimum atomic E-state index is -0.396. The maximum absolute atomic E-state index is 13.1. The fraction of sp³-hybridized carbons (Fsp3) is 0.393. The summed E-state index contributed by atoms with van der Waals surface area (Å²) in [5, 5.41) is 5.90. The van der Waals surface area contributed by atoms with E-state index in [-0.39, 0.29) is 24.4 Å². The van der Waals surface area contributed by atoms with E-state index in [0.29, 0.717) is 12.5 Å². The Morgan fingerprint density at radius 1 is 1.03 bits per heavy atom. The number of carbonyl (C=O) groups excluding carboxylic acids is 2. The molecule has 0 radical (unpaired) electrons. The molecule has 0 saturated heterocycles. The highest BCUT2D eigenvalue weighted by Gasteiger charge is 2.23. The zero-order valence-corrected chi connectivity index (χ0v) is 21.8. The lowest BCUT2D eigenvalue weighted by atomic mass is 10.1. The van der Waals surface area contributed by atoms with Gasteiger partial charge in [0.05, 0.1) is 5.69 Å². The van der Waals surface area contributed by atoms with Gasteiger partial charge in [-0.05, 0) is 63.8 Å². The van der Waals surface area contributed by atoms with Gasteiger partial charge in [0.25, 0.3) is 0 Å². The third-order valence-corrected chi connectivity index (χ3v) is 5.48. The molecule has 3 rings (SSSR count). The summed E-state index contributed by atoms with van der Waals surface area (Å²) < 4.78 is 1.88. The number of imidazole rings is 1. The van der Waals surface area contributed by atoms with Crippen LogP contribution in [0.25, 0.3) is 16.9 Å². The van der Waals surface area contributed by atoms with Gasteiger partial charge in [0.1, 0.15) is 6.54 Å². The number of anilines is 1. The molecule has 0 aliphatic heterocycles. The highest BCUT2D eigenvalue weighted by Crippen LogP contribution is 2.25. The quantitative estimate of drug-likeness (QED) is 0.469. The van der Waals surface area contributed by atoms with Gasteiger partial charge in [0, 0.05) is 29.5 Å². The molecular formula is C28H37N5O2. The number of rotatable bonds is 7. The van der Waals surface area contributed by atoms with Crippen LogP contribution in [0.5, 0.6) is 0 Å². The molecule has 0 aliphatic rings. The van der Waals surface area contributed by atoms with Crippen molar-refractivity contribution in [3.05, 3.63) is 65.9 Å². The van der Waals surface area contributed by atoms with Crippen molar-refractivity contribution >= 4 is 17.9 Å². The van der Waals surface area contributed by atoms with Crippen LogP contribution in [0.4, 0.5) is 10.7 Å². The summed E-state index contributed by atoms with van der Waals surface area (Å²) in [5.41, 5.74) is 4.56. The summed E-state index contributed by atoms with van der Waals surface area (Å²) in [6.45, 7) is 14.3. The molecule has 7 nitrogen and oxygen atoms in total. The molecule has 3 amide bonds. The van der Waals surface area contributed by atoms with E-state index in [1.165, 1.54) is 5.56 Å². The summed E-state index contributed by atoms with van der Waals surface area (Å²) >= 11 is 0. The van der Waals surface area contributed by atoms with E-state index in [9.17, 15) is 9.59 Å². The Morgan fingerprint density at radius 2 is 1.71 bits per heavy atom. The number of urea groups is 1. The number of benzene rings is 2. The second kappa shape index (κ2) is 10.8. The van der Waals surface area contributed by atoms with Gasteiger partial charge in [0.15, 0.2) is 0 Å². The molecule has 35 heavy (non-hydrogen) atoms. The zero-order valence-electron chi connectivity index (χ0n) is 21.8. The van der Waals surface area contributed by atoms with E-state index < -0.39 is 5.54 Å². The van der Waals surface area contributed by atoms with E-state index in [2.05, 4.69) is 36.6 Å². The van der Waals surface area contributed by atoms with Crippen LogP contribution in [0.1, 0.15) is 45.7 Å².